The van der Waals surface area contributed by atoms with E-state index >= 15 is 0 Å². The van der Waals surface area contributed by atoms with Gasteiger partial charge in [0, 0.05) is 31.0 Å². The highest BCUT2D eigenvalue weighted by atomic mass is 19.4. The number of nitrogens with one attached hydrogen (secondary N) is 1. The van der Waals surface area contributed by atoms with Gasteiger partial charge >= 0.3 is 6.18 Å². The van der Waals surface area contributed by atoms with Crippen LogP contribution in [0.5, 0.6) is 0 Å². The molecule has 1 aromatic carbocycles. The minimum Gasteiger partial charge on any atom is -0.383 e. The Morgan fingerprint density at radius 3 is 2.33 bits per heavy atom. The third-order valence-corrected chi connectivity index (χ3v) is 3.43. The summed E-state index contributed by atoms with van der Waals surface area (Å²) in [6.45, 7) is 1.39. The van der Waals surface area contributed by atoms with Crippen LogP contribution in [-0.2, 0) is 4.74 Å². The number of ether oxygens (including phenoxy) is 1. The Balaban J connectivity index is 1.70. The molecule has 1 aliphatic heterocycles. The summed E-state index contributed by atoms with van der Waals surface area (Å²) in [4.78, 5) is 2.36. The number of hydrogen-bond donors (Lipinski definition) is 1. The van der Waals surface area contributed by atoms with Crippen molar-refractivity contribution in [1.29, 1.82) is 0 Å². The molecular formula is C15H21F3N2O. The molecule has 1 N–H and O–H groups in total. The van der Waals surface area contributed by atoms with Crippen LogP contribution in [0.1, 0.15) is 19.3 Å². The molecule has 0 unspecified atom stereocenters. The van der Waals surface area contributed by atoms with Crippen LogP contribution in [-0.4, -0.2) is 39.0 Å². The molecule has 1 aliphatic rings. The van der Waals surface area contributed by atoms with Crippen LogP contribution in [0.3, 0.4) is 0 Å². The Morgan fingerprint density at radius 2 is 1.71 bits per heavy atom. The van der Waals surface area contributed by atoms with Crippen molar-refractivity contribution < 1.29 is 17.9 Å². The molecule has 0 atom stereocenters. The summed E-state index contributed by atoms with van der Waals surface area (Å²) < 4.78 is 40.2. The fraction of sp³-hybridized carbons (Fsp3) is 0.600. The van der Waals surface area contributed by atoms with Gasteiger partial charge < -0.3 is 15.0 Å². The van der Waals surface area contributed by atoms with Gasteiger partial charge in [-0.15, -0.1) is 0 Å². The topological polar surface area (TPSA) is 24.5 Å². The largest absolute Gasteiger partial charge is 0.411 e. The summed E-state index contributed by atoms with van der Waals surface area (Å²) in [6, 6.07) is 8.00. The van der Waals surface area contributed by atoms with Gasteiger partial charge in [-0.05, 0) is 43.5 Å². The summed E-state index contributed by atoms with van der Waals surface area (Å²) in [5, 5.41) is 3.05. The monoisotopic (exact) mass is 302 g/mol. The molecule has 0 radical (unpaired) electrons. The first-order valence-corrected chi connectivity index (χ1v) is 7.28. The van der Waals surface area contributed by atoms with E-state index in [9.17, 15) is 13.2 Å². The summed E-state index contributed by atoms with van der Waals surface area (Å²) in [7, 11) is 0. The molecule has 0 amide bonds. The molecule has 1 aromatic rings. The molecule has 0 bridgehead atoms. The molecular weight excluding hydrogens is 281 g/mol. The Morgan fingerprint density at radius 1 is 1.05 bits per heavy atom. The van der Waals surface area contributed by atoms with Crippen LogP contribution in [0.2, 0.25) is 0 Å². The van der Waals surface area contributed by atoms with Gasteiger partial charge in [-0.2, -0.15) is 13.2 Å². The number of benzene rings is 1. The van der Waals surface area contributed by atoms with E-state index in [1.165, 1.54) is 24.9 Å². The van der Waals surface area contributed by atoms with Crippen molar-refractivity contribution in [3.8, 4) is 0 Å². The SMILES string of the molecule is FC(F)(F)COCCNc1ccc(N2CCCCC2)cc1. The Kier molecular flexibility index (Phi) is 5.73. The standard InChI is InChI=1S/C15H21F3N2O/c16-15(17,18)12-21-11-8-19-13-4-6-14(7-5-13)20-9-2-1-3-10-20/h4-7,19H,1-3,8-12H2. The third-order valence-electron chi connectivity index (χ3n) is 3.43. The maximum Gasteiger partial charge on any atom is 0.411 e. The molecule has 21 heavy (non-hydrogen) atoms. The van der Waals surface area contributed by atoms with Gasteiger partial charge in [0.2, 0.25) is 0 Å². The van der Waals surface area contributed by atoms with Gasteiger partial charge in [0.15, 0.2) is 0 Å². The molecule has 1 saturated heterocycles. The summed E-state index contributed by atoms with van der Waals surface area (Å²) in [5.41, 5.74) is 2.10. The zero-order valence-corrected chi connectivity index (χ0v) is 12.0. The highest BCUT2D eigenvalue weighted by Crippen LogP contribution is 2.21. The zero-order chi connectivity index (χ0) is 15.1. The van der Waals surface area contributed by atoms with E-state index in [2.05, 4.69) is 15.0 Å². The molecule has 1 fully saturated rings. The lowest BCUT2D eigenvalue weighted by Gasteiger charge is -2.28. The maximum atomic E-state index is 11.9. The van der Waals surface area contributed by atoms with Crippen LogP contribution >= 0.6 is 0 Å². The molecule has 6 heteroatoms. The van der Waals surface area contributed by atoms with Crippen LogP contribution in [0.4, 0.5) is 24.5 Å². The summed E-state index contributed by atoms with van der Waals surface area (Å²) in [6.07, 6.45) is -0.489. The van der Waals surface area contributed by atoms with Gasteiger partial charge in [-0.1, -0.05) is 0 Å². The lowest BCUT2D eigenvalue weighted by molar-refractivity contribution is -0.172. The molecule has 0 aromatic heterocycles. The first-order valence-electron chi connectivity index (χ1n) is 7.28. The van der Waals surface area contributed by atoms with Crippen molar-refractivity contribution >= 4 is 11.4 Å². The van der Waals surface area contributed by atoms with E-state index in [4.69, 9.17) is 0 Å². The fourth-order valence-electron chi connectivity index (χ4n) is 2.40. The smallest absolute Gasteiger partial charge is 0.383 e. The average Bonchev–Trinajstić information content (AvgIpc) is 2.47. The molecule has 3 nitrogen and oxygen atoms in total. The van der Waals surface area contributed by atoms with Gasteiger partial charge in [0.1, 0.15) is 6.61 Å². The van der Waals surface area contributed by atoms with Crippen LogP contribution in [0, 0.1) is 0 Å². The number of anilines is 2. The number of nitrogens with zero attached hydrogens (tertiary/aromatic N) is 1. The van der Waals surface area contributed by atoms with Crippen molar-refractivity contribution in [2.75, 3.05) is 43.1 Å². The molecule has 0 spiro atoms. The van der Waals surface area contributed by atoms with Crippen LogP contribution in [0.15, 0.2) is 24.3 Å². The number of alkyl halides is 3. The summed E-state index contributed by atoms with van der Waals surface area (Å²) in [5.74, 6) is 0. The third kappa shape index (κ3) is 5.83. The summed E-state index contributed by atoms with van der Waals surface area (Å²) >= 11 is 0. The lowest BCUT2D eigenvalue weighted by atomic mass is 10.1. The van der Waals surface area contributed by atoms with E-state index in [1.54, 1.807) is 0 Å². The number of hydrogen-bond acceptors (Lipinski definition) is 3. The quantitative estimate of drug-likeness (QED) is 0.812. The second-order valence-corrected chi connectivity index (χ2v) is 5.19. The fourth-order valence-corrected chi connectivity index (χ4v) is 2.40. The van der Waals surface area contributed by atoms with E-state index in [0.29, 0.717) is 6.54 Å². The maximum absolute atomic E-state index is 11.9. The van der Waals surface area contributed by atoms with Gasteiger partial charge in [-0.25, -0.2) is 0 Å². The molecule has 0 aliphatic carbocycles. The second kappa shape index (κ2) is 7.54. The Labute approximate surface area is 123 Å². The van der Waals surface area contributed by atoms with Gasteiger partial charge in [0.05, 0.1) is 6.61 Å². The van der Waals surface area contributed by atoms with Crippen LogP contribution in [0.25, 0.3) is 0 Å². The minimum atomic E-state index is -4.25. The van der Waals surface area contributed by atoms with E-state index < -0.39 is 12.8 Å². The second-order valence-electron chi connectivity index (χ2n) is 5.19. The molecule has 118 valence electrons. The van der Waals surface area contributed by atoms with Gasteiger partial charge in [0.25, 0.3) is 0 Å². The van der Waals surface area contributed by atoms with Crippen molar-refractivity contribution in [2.24, 2.45) is 0 Å². The number of rotatable bonds is 6. The average molecular weight is 302 g/mol. The highest BCUT2D eigenvalue weighted by molar-refractivity contribution is 5.55. The number of halogens is 3. The van der Waals surface area contributed by atoms with Gasteiger partial charge in [-0.3, -0.25) is 0 Å². The molecule has 1 heterocycles. The Bertz CT molecular complexity index is 414. The van der Waals surface area contributed by atoms with Crippen molar-refractivity contribution in [3.63, 3.8) is 0 Å². The van der Waals surface area contributed by atoms with E-state index in [0.717, 1.165) is 18.8 Å². The van der Waals surface area contributed by atoms with E-state index in [-0.39, 0.29) is 6.61 Å². The van der Waals surface area contributed by atoms with E-state index in [1.807, 2.05) is 24.3 Å². The van der Waals surface area contributed by atoms with Crippen molar-refractivity contribution in [3.05, 3.63) is 24.3 Å². The predicted molar refractivity (Wildman–Crippen MR) is 77.9 cm³/mol. The van der Waals surface area contributed by atoms with Crippen molar-refractivity contribution in [2.45, 2.75) is 25.4 Å². The van der Waals surface area contributed by atoms with Crippen molar-refractivity contribution in [1.82, 2.24) is 0 Å². The normalized spacial score (nSPS) is 16.0. The minimum absolute atomic E-state index is 0.0351. The Hall–Kier alpha value is -1.43. The highest BCUT2D eigenvalue weighted by Gasteiger charge is 2.27. The number of piperidine rings is 1. The zero-order valence-electron chi connectivity index (χ0n) is 12.0. The molecule has 0 saturated carbocycles. The first-order chi connectivity index (χ1) is 10.0. The predicted octanol–water partition coefficient (Wildman–Crippen LogP) is 3.67. The lowest BCUT2D eigenvalue weighted by Crippen LogP contribution is -2.29. The van der Waals surface area contributed by atoms with Crippen LogP contribution < -0.4 is 10.2 Å². The first kappa shape index (κ1) is 15.9. The molecule has 2 rings (SSSR count).